The van der Waals surface area contributed by atoms with E-state index in [2.05, 4.69) is 70.1 Å². The summed E-state index contributed by atoms with van der Waals surface area (Å²) in [7, 11) is -0.390. The molecule has 194 valence electrons. The van der Waals surface area contributed by atoms with Gasteiger partial charge in [0.1, 0.15) is 0 Å². The molecule has 0 heterocycles. The minimum atomic E-state index is -0.390. The fraction of sp³-hybridized carbons (Fsp3) is 1.00. The summed E-state index contributed by atoms with van der Waals surface area (Å²) in [6, 6.07) is 1.35. The Labute approximate surface area is 205 Å². The Morgan fingerprint density at radius 3 is 1.22 bits per heavy atom. The van der Waals surface area contributed by atoms with Crippen molar-refractivity contribution in [2.45, 2.75) is 112 Å². The third-order valence-corrected chi connectivity index (χ3v) is 9.07. The van der Waals surface area contributed by atoms with E-state index in [9.17, 15) is 0 Å². The molecule has 0 aromatic rings. The zero-order valence-electron chi connectivity index (χ0n) is 23.6. The summed E-state index contributed by atoms with van der Waals surface area (Å²) in [6.07, 6.45) is 10.0. The van der Waals surface area contributed by atoms with Crippen molar-refractivity contribution in [1.82, 2.24) is 14.7 Å². The third kappa shape index (κ3) is 15.1. The van der Waals surface area contributed by atoms with Crippen LogP contribution in [0.15, 0.2) is 0 Å². The number of hydrogen-bond donors (Lipinski definition) is 0. The van der Waals surface area contributed by atoms with E-state index in [4.69, 9.17) is 4.43 Å². The van der Waals surface area contributed by atoms with Crippen molar-refractivity contribution in [3.05, 3.63) is 0 Å². The van der Waals surface area contributed by atoms with E-state index >= 15 is 0 Å². The molecule has 0 saturated carbocycles. The summed E-state index contributed by atoms with van der Waals surface area (Å²) in [4.78, 5) is 7.81. The van der Waals surface area contributed by atoms with E-state index in [0.29, 0.717) is 11.5 Å². The quantitative estimate of drug-likeness (QED) is 0.141. The SMILES string of the molecule is CCN(CC)CCCC(CCCN(CC)CC)(CCCN(CC)CC)CC[SiH2]OC(C)C. The maximum atomic E-state index is 6.08. The summed E-state index contributed by atoms with van der Waals surface area (Å²) < 4.78 is 6.08. The molecule has 0 bridgehead atoms. The molecule has 0 aromatic carbocycles. The number of rotatable bonds is 23. The molecule has 0 aliphatic rings. The largest absolute Gasteiger partial charge is 0.422 e. The van der Waals surface area contributed by atoms with Crippen LogP contribution in [0, 0.1) is 5.41 Å². The van der Waals surface area contributed by atoms with Crippen LogP contribution in [-0.2, 0) is 4.43 Å². The highest BCUT2D eigenvalue weighted by Gasteiger charge is 2.29. The molecule has 0 N–H and O–H groups in total. The molecule has 0 aliphatic heterocycles. The van der Waals surface area contributed by atoms with Crippen LogP contribution >= 0.6 is 0 Å². The molecule has 32 heavy (non-hydrogen) atoms. The van der Waals surface area contributed by atoms with Gasteiger partial charge < -0.3 is 19.1 Å². The number of nitrogens with zero attached hydrogens (tertiary/aromatic N) is 3. The van der Waals surface area contributed by atoms with E-state index in [1.807, 2.05) is 0 Å². The summed E-state index contributed by atoms with van der Waals surface area (Å²) in [5.41, 5.74) is 0.515. The Kier molecular flexibility index (Phi) is 20.5. The van der Waals surface area contributed by atoms with Gasteiger partial charge in [-0.05, 0) is 129 Å². The average molecular weight is 472 g/mol. The first-order chi connectivity index (χ1) is 15.4. The van der Waals surface area contributed by atoms with E-state index in [-0.39, 0.29) is 0 Å². The highest BCUT2D eigenvalue weighted by Crippen LogP contribution is 2.40. The molecular weight excluding hydrogens is 410 g/mol. The fourth-order valence-electron chi connectivity index (χ4n) is 5.17. The monoisotopic (exact) mass is 471 g/mol. The van der Waals surface area contributed by atoms with Crippen LogP contribution in [0.5, 0.6) is 0 Å². The highest BCUT2D eigenvalue weighted by molar-refractivity contribution is 6.27. The Morgan fingerprint density at radius 1 is 0.594 bits per heavy atom. The molecule has 0 saturated heterocycles. The first kappa shape index (κ1) is 32.1. The van der Waals surface area contributed by atoms with Crippen molar-refractivity contribution in [2.75, 3.05) is 58.9 Å². The normalized spacial score (nSPS) is 13.1. The van der Waals surface area contributed by atoms with Crippen molar-refractivity contribution in [3.63, 3.8) is 0 Å². The van der Waals surface area contributed by atoms with Gasteiger partial charge in [0.25, 0.3) is 0 Å². The highest BCUT2D eigenvalue weighted by atomic mass is 28.2. The molecule has 0 radical (unpaired) electrons. The van der Waals surface area contributed by atoms with Crippen LogP contribution in [0.1, 0.15) is 100 Å². The standard InChI is InChI=1S/C27H61N3OSi/c1-9-28(10-2)22-15-18-27(21-25-32-31-26(7)8,19-16-23-29(11-3)12-4)20-17-24-30(13-5)14-6/h26H,9-25,32H2,1-8H3. The Bertz CT molecular complexity index is 351. The lowest BCUT2D eigenvalue weighted by atomic mass is 9.73. The minimum Gasteiger partial charge on any atom is -0.422 e. The third-order valence-electron chi connectivity index (χ3n) is 7.53. The molecule has 0 unspecified atom stereocenters. The van der Waals surface area contributed by atoms with Gasteiger partial charge in [-0.2, -0.15) is 0 Å². The van der Waals surface area contributed by atoms with Crippen LogP contribution in [0.4, 0.5) is 0 Å². The Morgan fingerprint density at radius 2 is 0.938 bits per heavy atom. The molecular formula is C27H61N3OSi. The molecule has 0 fully saturated rings. The topological polar surface area (TPSA) is 19.0 Å². The van der Waals surface area contributed by atoms with Crippen molar-refractivity contribution in [2.24, 2.45) is 5.41 Å². The van der Waals surface area contributed by atoms with Crippen LogP contribution in [0.2, 0.25) is 6.04 Å². The van der Waals surface area contributed by atoms with Crippen molar-refractivity contribution < 1.29 is 4.43 Å². The Hall–Kier alpha value is 0.0569. The lowest BCUT2D eigenvalue weighted by Crippen LogP contribution is -2.31. The first-order valence-corrected chi connectivity index (χ1v) is 15.8. The van der Waals surface area contributed by atoms with Gasteiger partial charge in [-0.25, -0.2) is 0 Å². The van der Waals surface area contributed by atoms with E-state index in [1.54, 1.807) is 0 Å². The first-order valence-electron chi connectivity index (χ1n) is 14.2. The molecule has 0 spiro atoms. The van der Waals surface area contributed by atoms with Gasteiger partial charge in [-0.15, -0.1) is 0 Å². The fourth-order valence-corrected chi connectivity index (χ4v) is 6.70. The molecule has 0 atom stereocenters. The zero-order valence-corrected chi connectivity index (χ0v) is 25.0. The Balaban J connectivity index is 5.21. The van der Waals surface area contributed by atoms with Crippen LogP contribution < -0.4 is 0 Å². The second-order valence-electron chi connectivity index (χ2n) is 9.91. The predicted molar refractivity (Wildman–Crippen MR) is 148 cm³/mol. The molecule has 4 nitrogen and oxygen atoms in total. The molecule has 0 aliphatic carbocycles. The average Bonchev–Trinajstić information content (AvgIpc) is 2.80. The maximum absolute atomic E-state index is 6.08. The number of hydrogen-bond acceptors (Lipinski definition) is 4. The van der Waals surface area contributed by atoms with Crippen molar-refractivity contribution >= 4 is 9.76 Å². The van der Waals surface area contributed by atoms with Crippen molar-refractivity contribution in [1.29, 1.82) is 0 Å². The zero-order chi connectivity index (χ0) is 24.2. The summed E-state index contributed by atoms with van der Waals surface area (Å²) in [5.74, 6) is 0. The van der Waals surface area contributed by atoms with Gasteiger partial charge in [0.05, 0.1) is 0 Å². The molecule has 5 heteroatoms. The van der Waals surface area contributed by atoms with E-state index in [1.165, 1.54) is 110 Å². The summed E-state index contributed by atoms with van der Waals surface area (Å²) >= 11 is 0. The predicted octanol–water partition coefficient (Wildman–Crippen LogP) is 5.66. The van der Waals surface area contributed by atoms with Crippen LogP contribution in [0.25, 0.3) is 0 Å². The van der Waals surface area contributed by atoms with Gasteiger partial charge in [0, 0.05) is 6.10 Å². The van der Waals surface area contributed by atoms with Crippen LogP contribution in [-0.4, -0.2) is 89.5 Å². The molecule has 0 rings (SSSR count). The van der Waals surface area contributed by atoms with E-state index < -0.39 is 9.76 Å². The van der Waals surface area contributed by atoms with Gasteiger partial charge in [-0.3, -0.25) is 0 Å². The second kappa shape index (κ2) is 20.4. The smallest absolute Gasteiger partial charge is 0.161 e. The van der Waals surface area contributed by atoms with Crippen LogP contribution in [0.3, 0.4) is 0 Å². The molecule has 0 amide bonds. The molecule has 0 aromatic heterocycles. The van der Waals surface area contributed by atoms with E-state index in [0.717, 1.165) is 0 Å². The maximum Gasteiger partial charge on any atom is 0.161 e. The van der Waals surface area contributed by atoms with Gasteiger partial charge in [0.2, 0.25) is 0 Å². The summed E-state index contributed by atoms with van der Waals surface area (Å²) in [5, 5.41) is 0. The van der Waals surface area contributed by atoms with Gasteiger partial charge >= 0.3 is 0 Å². The summed E-state index contributed by atoms with van der Waals surface area (Å²) in [6.45, 7) is 29.1. The lowest BCUT2D eigenvalue weighted by Gasteiger charge is -2.37. The lowest BCUT2D eigenvalue weighted by molar-refractivity contribution is 0.155. The second-order valence-corrected chi connectivity index (χ2v) is 11.4. The van der Waals surface area contributed by atoms with Gasteiger partial charge in [0.15, 0.2) is 9.76 Å². The van der Waals surface area contributed by atoms with Crippen molar-refractivity contribution in [3.8, 4) is 0 Å². The minimum absolute atomic E-state index is 0.390. The van der Waals surface area contributed by atoms with Gasteiger partial charge in [-0.1, -0.05) is 41.5 Å².